The average Bonchev–Trinajstić information content (AvgIpc) is 3.32. The Morgan fingerprint density at radius 3 is 2.74 bits per heavy atom. The maximum Gasteiger partial charge on any atom is 0.299 e. The fourth-order valence-corrected chi connectivity index (χ4v) is 4.35. The number of aliphatic imine (C=N–C) groups is 1. The summed E-state index contributed by atoms with van der Waals surface area (Å²) >= 11 is 1.51. The van der Waals surface area contributed by atoms with E-state index in [4.69, 9.17) is 9.73 Å². The molecule has 0 spiro atoms. The van der Waals surface area contributed by atoms with Gasteiger partial charge in [0.2, 0.25) is 5.82 Å². The van der Waals surface area contributed by atoms with Gasteiger partial charge in [-0.2, -0.15) is 0 Å². The molecule has 160 valence electrons. The number of aryl methyl sites for hydroxylation is 1. The van der Waals surface area contributed by atoms with Gasteiger partial charge < -0.3 is 4.74 Å². The van der Waals surface area contributed by atoms with E-state index in [-0.39, 0.29) is 23.6 Å². The number of nitrogens with zero attached hydrogens (tertiary/aromatic N) is 5. The summed E-state index contributed by atoms with van der Waals surface area (Å²) in [5.41, 5.74) is 1.30. The summed E-state index contributed by atoms with van der Waals surface area (Å²) in [6, 6.07) is 13.3. The van der Waals surface area contributed by atoms with Crippen molar-refractivity contribution >= 4 is 28.5 Å². The van der Waals surface area contributed by atoms with Crippen LogP contribution in [0.3, 0.4) is 0 Å². The topological polar surface area (TPSA) is 72.6 Å². The monoisotopic (exact) mass is 439 g/mol. The van der Waals surface area contributed by atoms with Crippen LogP contribution in [-0.4, -0.2) is 49.1 Å². The normalized spacial score (nSPS) is 17.4. The fraction of sp³-hybridized carbons (Fsp3) is 0.273. The van der Waals surface area contributed by atoms with E-state index in [9.17, 15) is 9.18 Å². The van der Waals surface area contributed by atoms with Crippen LogP contribution in [0.1, 0.15) is 30.3 Å². The summed E-state index contributed by atoms with van der Waals surface area (Å²) < 4.78 is 20.4. The smallest absolute Gasteiger partial charge is 0.299 e. The Kier molecular flexibility index (Phi) is 6.03. The molecule has 1 aliphatic rings. The highest BCUT2D eigenvalue weighted by Crippen LogP contribution is 2.32. The zero-order chi connectivity index (χ0) is 22.0. The van der Waals surface area contributed by atoms with Gasteiger partial charge in [0, 0.05) is 11.8 Å². The van der Waals surface area contributed by atoms with Crippen LogP contribution in [0.15, 0.2) is 53.5 Å². The lowest BCUT2D eigenvalue weighted by atomic mass is 10.3. The number of amidine groups is 1. The molecule has 7 nitrogen and oxygen atoms in total. The summed E-state index contributed by atoms with van der Waals surface area (Å²) in [5.74, 6) is 1.33. The molecule has 1 aromatic heterocycles. The van der Waals surface area contributed by atoms with Crippen LogP contribution in [0.25, 0.3) is 5.69 Å². The number of ether oxygens (including phenoxy) is 1. The standard InChI is InChI=1S/C22H22FN5O2S/c1-4-30-19-8-6-5-7-18(19)25-22-27(14(2)13-31-22)21(29)20-24-15(3)28(26-20)17-11-9-16(23)10-12-17/h5-12,14H,4,13H2,1-3H3. The number of halogens is 1. The van der Waals surface area contributed by atoms with Gasteiger partial charge >= 0.3 is 0 Å². The fourth-order valence-electron chi connectivity index (χ4n) is 3.25. The van der Waals surface area contributed by atoms with Gasteiger partial charge in [-0.3, -0.25) is 9.69 Å². The molecule has 1 aliphatic heterocycles. The number of carbonyl (C=O) groups excluding carboxylic acids is 1. The van der Waals surface area contributed by atoms with E-state index < -0.39 is 0 Å². The van der Waals surface area contributed by atoms with Gasteiger partial charge in [0.1, 0.15) is 23.1 Å². The van der Waals surface area contributed by atoms with Crippen molar-refractivity contribution in [2.45, 2.75) is 26.8 Å². The SMILES string of the molecule is CCOc1ccccc1N=C1SCC(C)N1C(=O)c1nc(C)n(-c2ccc(F)cc2)n1. The van der Waals surface area contributed by atoms with Crippen molar-refractivity contribution in [1.82, 2.24) is 19.7 Å². The van der Waals surface area contributed by atoms with Crippen molar-refractivity contribution < 1.29 is 13.9 Å². The molecule has 31 heavy (non-hydrogen) atoms. The van der Waals surface area contributed by atoms with Crippen LogP contribution in [0.4, 0.5) is 10.1 Å². The molecule has 1 unspecified atom stereocenters. The number of carbonyl (C=O) groups is 1. The molecule has 0 aliphatic carbocycles. The number of amides is 1. The lowest BCUT2D eigenvalue weighted by Gasteiger charge is -2.19. The number of hydrogen-bond acceptors (Lipinski definition) is 6. The Labute approximate surface area is 184 Å². The molecule has 1 saturated heterocycles. The average molecular weight is 440 g/mol. The second-order valence-corrected chi connectivity index (χ2v) is 7.99. The maximum absolute atomic E-state index is 13.3. The van der Waals surface area contributed by atoms with Crippen LogP contribution in [0, 0.1) is 12.7 Å². The Morgan fingerprint density at radius 1 is 1.26 bits per heavy atom. The van der Waals surface area contributed by atoms with Crippen LogP contribution in [0.5, 0.6) is 5.75 Å². The maximum atomic E-state index is 13.3. The van der Waals surface area contributed by atoms with E-state index in [2.05, 4.69) is 10.1 Å². The van der Waals surface area contributed by atoms with Crippen molar-refractivity contribution in [3.8, 4) is 11.4 Å². The Bertz CT molecular complexity index is 1130. The predicted molar refractivity (Wildman–Crippen MR) is 119 cm³/mol. The number of thioether (sulfide) groups is 1. The molecule has 4 rings (SSSR count). The number of para-hydroxylation sites is 2. The lowest BCUT2D eigenvalue weighted by molar-refractivity contribution is 0.0817. The summed E-state index contributed by atoms with van der Waals surface area (Å²) in [5, 5.41) is 4.96. The van der Waals surface area contributed by atoms with Crippen LogP contribution in [-0.2, 0) is 0 Å². The van der Waals surface area contributed by atoms with Gasteiger partial charge in [0.25, 0.3) is 5.91 Å². The van der Waals surface area contributed by atoms with E-state index in [1.807, 2.05) is 38.1 Å². The minimum Gasteiger partial charge on any atom is -0.492 e. The van der Waals surface area contributed by atoms with Crippen molar-refractivity contribution in [3.05, 3.63) is 66.0 Å². The predicted octanol–water partition coefficient (Wildman–Crippen LogP) is 4.38. The first kappa shape index (κ1) is 21.0. The molecular formula is C22H22FN5O2S. The highest BCUT2D eigenvalue weighted by Gasteiger charge is 2.35. The quantitative estimate of drug-likeness (QED) is 0.590. The van der Waals surface area contributed by atoms with Crippen molar-refractivity contribution in [2.24, 2.45) is 4.99 Å². The van der Waals surface area contributed by atoms with E-state index in [0.29, 0.717) is 34.7 Å². The van der Waals surface area contributed by atoms with Crippen LogP contribution in [0.2, 0.25) is 0 Å². The Hall–Kier alpha value is -3.20. The zero-order valence-electron chi connectivity index (χ0n) is 17.4. The van der Waals surface area contributed by atoms with Crippen molar-refractivity contribution in [2.75, 3.05) is 12.4 Å². The number of aromatic nitrogens is 3. The Balaban J connectivity index is 1.66. The van der Waals surface area contributed by atoms with Crippen molar-refractivity contribution in [3.63, 3.8) is 0 Å². The van der Waals surface area contributed by atoms with E-state index in [1.54, 1.807) is 24.0 Å². The summed E-state index contributed by atoms with van der Waals surface area (Å²) in [6.07, 6.45) is 0. The number of benzene rings is 2. The number of rotatable bonds is 5. The van der Waals surface area contributed by atoms with Crippen molar-refractivity contribution in [1.29, 1.82) is 0 Å². The minimum absolute atomic E-state index is 0.0615. The molecule has 1 atom stereocenters. The van der Waals surface area contributed by atoms with E-state index >= 15 is 0 Å². The largest absolute Gasteiger partial charge is 0.492 e. The van der Waals surface area contributed by atoms with E-state index in [0.717, 1.165) is 5.75 Å². The first-order chi connectivity index (χ1) is 15.0. The minimum atomic E-state index is -0.339. The third-order valence-corrected chi connectivity index (χ3v) is 5.93. The van der Waals surface area contributed by atoms with E-state index in [1.165, 1.54) is 28.6 Å². The molecule has 0 saturated carbocycles. The molecule has 1 fully saturated rings. The van der Waals surface area contributed by atoms with Gasteiger partial charge in [-0.15, -0.1) is 5.10 Å². The third kappa shape index (κ3) is 4.32. The Morgan fingerprint density at radius 2 is 2.00 bits per heavy atom. The summed E-state index contributed by atoms with van der Waals surface area (Å²) in [7, 11) is 0. The molecule has 2 heterocycles. The molecule has 2 aromatic carbocycles. The number of hydrogen-bond donors (Lipinski definition) is 0. The molecule has 3 aromatic rings. The van der Waals surface area contributed by atoms with Gasteiger partial charge in [0.05, 0.1) is 12.3 Å². The molecular weight excluding hydrogens is 417 g/mol. The molecule has 1 amide bonds. The molecule has 0 N–H and O–H groups in total. The van der Waals surface area contributed by atoms with Gasteiger partial charge in [0.15, 0.2) is 5.17 Å². The summed E-state index contributed by atoms with van der Waals surface area (Å²) in [4.78, 5) is 24.0. The molecule has 9 heteroatoms. The van der Waals surface area contributed by atoms with Crippen LogP contribution < -0.4 is 4.74 Å². The highest BCUT2D eigenvalue weighted by molar-refractivity contribution is 8.14. The first-order valence-electron chi connectivity index (χ1n) is 9.94. The zero-order valence-corrected chi connectivity index (χ0v) is 18.3. The third-order valence-electron chi connectivity index (χ3n) is 4.73. The second kappa shape index (κ2) is 8.89. The molecule has 0 radical (unpaired) electrons. The first-order valence-corrected chi connectivity index (χ1v) is 10.9. The second-order valence-electron chi connectivity index (χ2n) is 7.00. The van der Waals surface area contributed by atoms with Gasteiger partial charge in [-0.05, 0) is 57.2 Å². The van der Waals surface area contributed by atoms with Gasteiger partial charge in [-0.1, -0.05) is 23.9 Å². The highest BCUT2D eigenvalue weighted by atomic mass is 32.2. The van der Waals surface area contributed by atoms with Gasteiger partial charge in [-0.25, -0.2) is 19.0 Å². The van der Waals surface area contributed by atoms with Crippen LogP contribution >= 0.6 is 11.8 Å². The summed E-state index contributed by atoms with van der Waals surface area (Å²) in [6.45, 7) is 6.16. The molecule has 0 bridgehead atoms. The lowest BCUT2D eigenvalue weighted by Crippen LogP contribution is -2.38.